The van der Waals surface area contributed by atoms with Crippen LogP contribution in [0.25, 0.3) is 0 Å². The number of fused-ring (bicyclic) bond motifs is 1. The van der Waals surface area contributed by atoms with Gasteiger partial charge in [-0.05, 0) is 23.1 Å². The second-order valence-corrected chi connectivity index (χ2v) is 9.82. The van der Waals surface area contributed by atoms with Gasteiger partial charge in [0.15, 0.2) is 4.20 Å². The standard InChI is InChI=1S/C17H16Cl2N4S2/c1-3-24-17(25-4-2)16(9-21)13(15(16,8-20)14(22)23-17)10-6-5-7-11(18)12(10)19/h5-7,13H,3-4H2,1-2H3,(H2,22,23). The van der Waals surface area contributed by atoms with Gasteiger partial charge >= 0.3 is 0 Å². The van der Waals surface area contributed by atoms with Crippen molar-refractivity contribution in [2.75, 3.05) is 11.5 Å². The molecule has 8 heteroatoms. The number of nitriles is 2. The number of thioether (sulfide) groups is 2. The van der Waals surface area contributed by atoms with Crippen LogP contribution in [0.3, 0.4) is 0 Å². The normalized spacial score (nSPS) is 31.6. The van der Waals surface area contributed by atoms with Gasteiger partial charge in [0, 0.05) is 5.92 Å². The van der Waals surface area contributed by atoms with Crippen molar-refractivity contribution in [3.05, 3.63) is 33.8 Å². The predicted octanol–water partition coefficient (Wildman–Crippen LogP) is 4.64. The molecule has 1 aromatic rings. The van der Waals surface area contributed by atoms with Gasteiger partial charge in [-0.2, -0.15) is 10.5 Å². The van der Waals surface area contributed by atoms with Gasteiger partial charge in [0.1, 0.15) is 16.7 Å². The molecular formula is C17H16Cl2N4S2. The molecule has 0 radical (unpaired) electrons. The van der Waals surface area contributed by atoms with E-state index in [2.05, 4.69) is 17.1 Å². The molecule has 0 amide bonds. The van der Waals surface area contributed by atoms with Crippen molar-refractivity contribution in [2.45, 2.75) is 24.0 Å². The second-order valence-electron chi connectivity index (χ2n) is 5.86. The highest BCUT2D eigenvalue weighted by Crippen LogP contribution is 2.85. The molecule has 1 aliphatic carbocycles. The van der Waals surface area contributed by atoms with E-state index in [9.17, 15) is 10.5 Å². The SMILES string of the molecule is CCSC1(SCC)N=C(N)C2(C#N)C(c3cccc(Cl)c3Cl)C12C#N. The van der Waals surface area contributed by atoms with Crippen LogP contribution in [0.4, 0.5) is 0 Å². The maximum Gasteiger partial charge on any atom is 0.175 e. The van der Waals surface area contributed by atoms with Gasteiger partial charge in [0.05, 0.1) is 22.2 Å². The van der Waals surface area contributed by atoms with E-state index in [0.29, 0.717) is 15.6 Å². The smallest absolute Gasteiger partial charge is 0.175 e. The van der Waals surface area contributed by atoms with Crippen molar-refractivity contribution in [1.29, 1.82) is 10.5 Å². The molecule has 1 heterocycles. The molecule has 130 valence electrons. The van der Waals surface area contributed by atoms with Gasteiger partial charge in [-0.25, -0.2) is 4.99 Å². The van der Waals surface area contributed by atoms with Crippen LogP contribution in [0, 0.1) is 33.5 Å². The van der Waals surface area contributed by atoms with Crippen molar-refractivity contribution >= 4 is 52.6 Å². The highest BCUT2D eigenvalue weighted by Gasteiger charge is 2.92. The molecular weight excluding hydrogens is 395 g/mol. The third kappa shape index (κ3) is 2.06. The maximum absolute atomic E-state index is 10.2. The number of benzene rings is 1. The molecule has 25 heavy (non-hydrogen) atoms. The summed E-state index contributed by atoms with van der Waals surface area (Å²) in [6, 6.07) is 10.0. The van der Waals surface area contributed by atoms with Gasteiger partial charge in [-0.15, -0.1) is 23.5 Å². The highest BCUT2D eigenvalue weighted by atomic mass is 35.5. The molecule has 0 bridgehead atoms. The Bertz CT molecular complexity index is 838. The molecule has 0 saturated heterocycles. The number of rotatable bonds is 5. The van der Waals surface area contributed by atoms with Crippen LogP contribution in [0.15, 0.2) is 23.2 Å². The first-order valence-electron chi connectivity index (χ1n) is 7.82. The van der Waals surface area contributed by atoms with E-state index >= 15 is 0 Å². The number of halogens is 2. The Balaban J connectivity index is 2.27. The summed E-state index contributed by atoms with van der Waals surface area (Å²) in [6.07, 6.45) is 0. The Labute approximate surface area is 165 Å². The van der Waals surface area contributed by atoms with Crippen molar-refractivity contribution in [3.63, 3.8) is 0 Å². The fraction of sp³-hybridized carbons (Fsp3) is 0.471. The molecule has 0 spiro atoms. The number of hydrogen-bond donors (Lipinski definition) is 1. The third-order valence-corrected chi connectivity index (χ3v) is 8.63. The van der Waals surface area contributed by atoms with Gasteiger partial charge in [-0.3, -0.25) is 0 Å². The third-order valence-electron chi connectivity index (χ3n) is 4.90. The lowest BCUT2D eigenvalue weighted by Gasteiger charge is -2.31. The fourth-order valence-electron chi connectivity index (χ4n) is 3.96. The van der Waals surface area contributed by atoms with Gasteiger partial charge < -0.3 is 5.73 Å². The van der Waals surface area contributed by atoms with E-state index in [1.165, 1.54) is 0 Å². The van der Waals surface area contributed by atoms with Gasteiger partial charge in [0.2, 0.25) is 0 Å². The molecule has 3 atom stereocenters. The Morgan fingerprint density at radius 3 is 2.36 bits per heavy atom. The number of nitrogens with zero attached hydrogens (tertiary/aromatic N) is 3. The van der Waals surface area contributed by atoms with E-state index in [-0.39, 0.29) is 5.84 Å². The van der Waals surface area contributed by atoms with Gasteiger partial charge in [0.25, 0.3) is 0 Å². The van der Waals surface area contributed by atoms with Crippen LogP contribution in [-0.2, 0) is 0 Å². The summed E-state index contributed by atoms with van der Waals surface area (Å²) in [5.74, 6) is 1.28. The first kappa shape index (κ1) is 18.7. The van der Waals surface area contributed by atoms with Crippen LogP contribution in [0.2, 0.25) is 10.0 Å². The Morgan fingerprint density at radius 2 is 1.84 bits per heavy atom. The average Bonchev–Trinajstić information content (AvgIpc) is 3.16. The molecule has 1 saturated carbocycles. The molecule has 2 aliphatic rings. The van der Waals surface area contributed by atoms with Crippen molar-refractivity contribution in [3.8, 4) is 12.1 Å². The van der Waals surface area contributed by atoms with Gasteiger partial charge in [-0.1, -0.05) is 49.2 Å². The minimum Gasteiger partial charge on any atom is -0.386 e. The van der Waals surface area contributed by atoms with Crippen LogP contribution in [0.5, 0.6) is 0 Å². The van der Waals surface area contributed by atoms with Crippen molar-refractivity contribution in [2.24, 2.45) is 21.6 Å². The zero-order valence-electron chi connectivity index (χ0n) is 13.7. The Hall–Kier alpha value is -1.05. The zero-order valence-corrected chi connectivity index (χ0v) is 16.9. The van der Waals surface area contributed by atoms with Crippen LogP contribution in [-0.4, -0.2) is 21.5 Å². The quantitative estimate of drug-likeness (QED) is 0.714. The molecule has 3 rings (SSSR count). The first-order chi connectivity index (χ1) is 11.9. The van der Waals surface area contributed by atoms with E-state index in [0.717, 1.165) is 11.5 Å². The summed E-state index contributed by atoms with van der Waals surface area (Å²) in [6.45, 7) is 4.02. The summed E-state index contributed by atoms with van der Waals surface area (Å²) in [5.41, 5.74) is 4.71. The lowest BCUT2D eigenvalue weighted by molar-refractivity contribution is 0.564. The first-order valence-corrected chi connectivity index (χ1v) is 10.5. The molecule has 3 unspecified atom stereocenters. The minimum absolute atomic E-state index is 0.222. The number of nitrogens with two attached hydrogens (primary N) is 1. The fourth-order valence-corrected chi connectivity index (χ4v) is 7.63. The van der Waals surface area contributed by atoms with Crippen LogP contribution < -0.4 is 5.73 Å². The molecule has 1 fully saturated rings. The highest BCUT2D eigenvalue weighted by molar-refractivity contribution is 8.18. The zero-order chi connectivity index (χ0) is 18.5. The van der Waals surface area contributed by atoms with Crippen molar-refractivity contribution < 1.29 is 0 Å². The average molecular weight is 411 g/mol. The number of hydrogen-bond acceptors (Lipinski definition) is 6. The molecule has 4 nitrogen and oxygen atoms in total. The van der Waals surface area contributed by atoms with Crippen molar-refractivity contribution in [1.82, 2.24) is 0 Å². The maximum atomic E-state index is 10.2. The summed E-state index contributed by atoms with van der Waals surface area (Å²) < 4.78 is -0.818. The predicted molar refractivity (Wildman–Crippen MR) is 106 cm³/mol. The summed E-state index contributed by atoms with van der Waals surface area (Å²) in [4.78, 5) is 4.64. The van der Waals surface area contributed by atoms with Crippen LogP contribution in [0.1, 0.15) is 25.3 Å². The monoisotopic (exact) mass is 410 g/mol. The number of amidine groups is 1. The Kier molecular flexibility index (Phi) is 4.71. The van der Waals surface area contributed by atoms with E-state index < -0.39 is 21.0 Å². The van der Waals surface area contributed by atoms with E-state index in [4.69, 9.17) is 28.9 Å². The Morgan fingerprint density at radius 1 is 1.20 bits per heavy atom. The topological polar surface area (TPSA) is 86.0 Å². The number of aliphatic imine (C=N–C) groups is 1. The second kappa shape index (κ2) is 6.28. The largest absolute Gasteiger partial charge is 0.386 e. The molecule has 1 aromatic carbocycles. The summed E-state index contributed by atoms with van der Waals surface area (Å²) in [7, 11) is 0. The minimum atomic E-state index is -1.17. The van der Waals surface area contributed by atoms with E-state index in [1.54, 1.807) is 35.7 Å². The summed E-state index contributed by atoms with van der Waals surface area (Å²) in [5, 5.41) is 21.0. The van der Waals surface area contributed by atoms with Crippen LogP contribution >= 0.6 is 46.7 Å². The summed E-state index contributed by atoms with van der Waals surface area (Å²) >= 11 is 15.7. The molecule has 0 aromatic heterocycles. The van der Waals surface area contributed by atoms with E-state index in [1.807, 2.05) is 19.9 Å². The lowest BCUT2D eigenvalue weighted by atomic mass is 9.97. The lowest BCUT2D eigenvalue weighted by Crippen LogP contribution is -2.31. The molecule has 2 N–H and O–H groups in total. The molecule has 1 aliphatic heterocycles.